The zero-order valence-corrected chi connectivity index (χ0v) is 19.9. The number of hydrogen-bond donors (Lipinski definition) is 0. The fourth-order valence-corrected chi connectivity index (χ4v) is 3.82. The number of ether oxygens (including phenoxy) is 2. The highest BCUT2D eigenvalue weighted by molar-refractivity contribution is 6.46. The van der Waals surface area contributed by atoms with Gasteiger partial charge in [-0.3, -0.25) is 9.59 Å². The number of rotatable bonds is 6. The maximum atomic E-state index is 13.7. The van der Waals surface area contributed by atoms with E-state index in [4.69, 9.17) is 9.47 Å². The Bertz CT molecular complexity index is 1240. The SMILES string of the molecule is COc1ccccc1N1C(=O)C(=Cc2ccc(N(C)C)cc2)C(=O)N(c2ccccc2OC)C1=O. The molecule has 8 nitrogen and oxygen atoms in total. The van der Waals surface area contributed by atoms with Crippen molar-refractivity contribution in [3.8, 4) is 11.5 Å². The Kier molecular flexibility index (Phi) is 6.55. The van der Waals surface area contributed by atoms with Gasteiger partial charge in [-0.05, 0) is 48.0 Å². The molecule has 0 spiro atoms. The first-order valence-electron chi connectivity index (χ1n) is 10.9. The van der Waals surface area contributed by atoms with Crippen LogP contribution in [-0.2, 0) is 9.59 Å². The van der Waals surface area contributed by atoms with Crippen molar-refractivity contribution in [3.63, 3.8) is 0 Å². The highest BCUT2D eigenvalue weighted by Gasteiger charge is 2.45. The first-order chi connectivity index (χ1) is 16.9. The zero-order chi connectivity index (χ0) is 25.1. The number of nitrogens with zero attached hydrogens (tertiary/aromatic N) is 3. The van der Waals surface area contributed by atoms with Crippen LogP contribution in [-0.4, -0.2) is 46.2 Å². The van der Waals surface area contributed by atoms with Crippen LogP contribution in [0.2, 0.25) is 0 Å². The monoisotopic (exact) mass is 471 g/mol. The fraction of sp³-hybridized carbons (Fsp3) is 0.148. The summed E-state index contributed by atoms with van der Waals surface area (Å²) in [4.78, 5) is 44.8. The molecule has 0 unspecified atom stereocenters. The van der Waals surface area contributed by atoms with Crippen LogP contribution in [0.25, 0.3) is 6.08 Å². The number of para-hydroxylation sites is 4. The van der Waals surface area contributed by atoms with E-state index in [-0.39, 0.29) is 16.9 Å². The number of hydrogen-bond acceptors (Lipinski definition) is 6. The molecule has 0 radical (unpaired) electrons. The second-order valence-corrected chi connectivity index (χ2v) is 7.95. The van der Waals surface area contributed by atoms with Gasteiger partial charge < -0.3 is 14.4 Å². The Balaban J connectivity index is 1.89. The van der Waals surface area contributed by atoms with Crippen LogP contribution in [0.4, 0.5) is 21.9 Å². The molecule has 35 heavy (non-hydrogen) atoms. The van der Waals surface area contributed by atoms with E-state index in [2.05, 4.69) is 0 Å². The lowest BCUT2D eigenvalue weighted by Gasteiger charge is -2.34. The van der Waals surface area contributed by atoms with Gasteiger partial charge in [-0.1, -0.05) is 36.4 Å². The van der Waals surface area contributed by atoms with Crippen LogP contribution in [0.3, 0.4) is 0 Å². The van der Waals surface area contributed by atoms with E-state index < -0.39 is 17.8 Å². The highest BCUT2D eigenvalue weighted by Crippen LogP contribution is 2.37. The lowest BCUT2D eigenvalue weighted by atomic mass is 10.0. The first-order valence-corrected chi connectivity index (χ1v) is 10.9. The smallest absolute Gasteiger partial charge is 0.343 e. The van der Waals surface area contributed by atoms with E-state index in [0.29, 0.717) is 17.1 Å². The Morgan fingerprint density at radius 2 is 1.14 bits per heavy atom. The first kappa shape index (κ1) is 23.6. The van der Waals surface area contributed by atoms with Gasteiger partial charge in [0.2, 0.25) is 0 Å². The molecule has 3 aromatic rings. The maximum Gasteiger partial charge on any atom is 0.343 e. The number of imide groups is 2. The third-order valence-corrected chi connectivity index (χ3v) is 5.62. The van der Waals surface area contributed by atoms with Crippen molar-refractivity contribution in [1.29, 1.82) is 0 Å². The number of methoxy groups -OCH3 is 2. The Morgan fingerprint density at radius 3 is 1.57 bits per heavy atom. The molecule has 0 atom stereocenters. The van der Waals surface area contributed by atoms with Crippen molar-refractivity contribution in [3.05, 3.63) is 83.9 Å². The molecular weight excluding hydrogens is 446 g/mol. The summed E-state index contributed by atoms with van der Waals surface area (Å²) in [5.74, 6) is -0.851. The Labute approximate surface area is 203 Å². The van der Waals surface area contributed by atoms with E-state index in [1.165, 1.54) is 20.3 Å². The summed E-state index contributed by atoms with van der Waals surface area (Å²) in [5, 5.41) is 0. The van der Waals surface area contributed by atoms with Crippen LogP contribution in [0, 0.1) is 0 Å². The summed E-state index contributed by atoms with van der Waals surface area (Å²) in [5.41, 5.74) is 1.90. The predicted molar refractivity (Wildman–Crippen MR) is 135 cm³/mol. The number of carbonyl (C=O) groups excluding carboxylic acids is 3. The minimum absolute atomic E-state index is 0.168. The van der Waals surface area contributed by atoms with Crippen molar-refractivity contribution in [2.45, 2.75) is 0 Å². The van der Waals surface area contributed by atoms with Crippen molar-refractivity contribution >= 4 is 41.0 Å². The predicted octanol–water partition coefficient (Wildman–Crippen LogP) is 4.35. The molecule has 3 aromatic carbocycles. The standard InChI is InChI=1S/C27H25N3O5/c1-28(2)19-15-13-18(14-16-19)17-20-25(31)29(21-9-5-7-11-23(21)34-3)27(33)30(26(20)32)22-10-6-8-12-24(22)35-4/h5-17H,1-4H3. The Morgan fingerprint density at radius 1 is 0.686 bits per heavy atom. The van der Waals surface area contributed by atoms with Gasteiger partial charge in [-0.15, -0.1) is 0 Å². The zero-order valence-electron chi connectivity index (χ0n) is 19.9. The summed E-state index contributed by atoms with van der Waals surface area (Å²) in [6, 6.07) is 19.8. The summed E-state index contributed by atoms with van der Waals surface area (Å²) < 4.78 is 10.8. The van der Waals surface area contributed by atoms with Crippen molar-refractivity contribution in [2.24, 2.45) is 0 Å². The number of barbiturate groups is 1. The van der Waals surface area contributed by atoms with Crippen LogP contribution < -0.4 is 24.2 Å². The average Bonchev–Trinajstić information content (AvgIpc) is 2.87. The molecule has 178 valence electrons. The van der Waals surface area contributed by atoms with Crippen molar-refractivity contribution in [1.82, 2.24) is 0 Å². The van der Waals surface area contributed by atoms with E-state index >= 15 is 0 Å². The number of anilines is 3. The highest BCUT2D eigenvalue weighted by atomic mass is 16.5. The van der Waals surface area contributed by atoms with Gasteiger partial charge in [0.1, 0.15) is 17.1 Å². The molecule has 1 fully saturated rings. The molecule has 8 heteroatoms. The fourth-order valence-electron chi connectivity index (χ4n) is 3.82. The normalized spacial score (nSPS) is 13.7. The van der Waals surface area contributed by atoms with Gasteiger partial charge in [0.25, 0.3) is 11.8 Å². The van der Waals surface area contributed by atoms with Gasteiger partial charge >= 0.3 is 6.03 Å². The van der Waals surface area contributed by atoms with Gasteiger partial charge in [0, 0.05) is 19.8 Å². The third-order valence-electron chi connectivity index (χ3n) is 5.62. The lowest BCUT2D eigenvalue weighted by Crippen LogP contribution is -2.57. The number of amides is 4. The number of urea groups is 1. The van der Waals surface area contributed by atoms with E-state index in [1.54, 1.807) is 60.7 Å². The molecule has 1 aliphatic heterocycles. The van der Waals surface area contributed by atoms with Gasteiger partial charge in [0.05, 0.1) is 25.6 Å². The minimum Gasteiger partial charge on any atom is -0.495 e. The Hall–Kier alpha value is -4.59. The van der Waals surface area contributed by atoms with Crippen LogP contribution >= 0.6 is 0 Å². The van der Waals surface area contributed by atoms with Crippen LogP contribution in [0.15, 0.2) is 78.4 Å². The summed E-state index contributed by atoms with van der Waals surface area (Å²) >= 11 is 0. The number of carbonyl (C=O) groups is 3. The van der Waals surface area contributed by atoms with E-state index in [0.717, 1.165) is 15.5 Å². The van der Waals surface area contributed by atoms with Gasteiger partial charge in [0.15, 0.2) is 0 Å². The molecule has 0 saturated carbocycles. The minimum atomic E-state index is -0.825. The third kappa shape index (κ3) is 4.33. The second kappa shape index (κ2) is 9.72. The topological polar surface area (TPSA) is 79.4 Å². The summed E-state index contributed by atoms with van der Waals surface area (Å²) in [7, 11) is 6.74. The molecule has 0 aromatic heterocycles. The quantitative estimate of drug-likeness (QED) is 0.393. The molecule has 1 aliphatic rings. The van der Waals surface area contributed by atoms with E-state index in [9.17, 15) is 14.4 Å². The molecule has 4 rings (SSSR count). The van der Waals surface area contributed by atoms with Crippen molar-refractivity contribution in [2.75, 3.05) is 43.0 Å². The van der Waals surface area contributed by atoms with Crippen molar-refractivity contribution < 1.29 is 23.9 Å². The maximum absolute atomic E-state index is 13.7. The van der Waals surface area contributed by atoms with E-state index in [1.807, 2.05) is 31.1 Å². The number of benzene rings is 3. The lowest BCUT2D eigenvalue weighted by molar-refractivity contribution is -0.121. The molecule has 0 aliphatic carbocycles. The summed E-state index contributed by atoms with van der Waals surface area (Å²) in [6.07, 6.45) is 1.49. The van der Waals surface area contributed by atoms with Gasteiger partial charge in [-0.25, -0.2) is 14.6 Å². The average molecular weight is 472 g/mol. The molecule has 4 amide bonds. The van der Waals surface area contributed by atoms with Crippen LogP contribution in [0.5, 0.6) is 11.5 Å². The molecule has 1 heterocycles. The molecule has 0 N–H and O–H groups in total. The molecule has 1 saturated heterocycles. The van der Waals surface area contributed by atoms with Gasteiger partial charge in [-0.2, -0.15) is 0 Å². The second-order valence-electron chi connectivity index (χ2n) is 7.95. The van der Waals surface area contributed by atoms with Crippen LogP contribution in [0.1, 0.15) is 5.56 Å². The summed E-state index contributed by atoms with van der Waals surface area (Å²) in [6.45, 7) is 0. The largest absolute Gasteiger partial charge is 0.495 e. The molecular formula is C27H25N3O5. The molecule has 0 bridgehead atoms.